The van der Waals surface area contributed by atoms with Crippen LogP contribution in [-0.4, -0.2) is 40.4 Å². The summed E-state index contributed by atoms with van der Waals surface area (Å²) in [5.74, 6) is -0.317. The standard InChI is InChI=1S/C27H22N8O2/c1-16(2)34-25-19(13-30-34)18(12-22(32-25)17-8-4-3-5-9-17)27(37)33-21-10-6-7-11-23(21)35-24-20(14-31-35)26(36)29-15-28-24/h3-16H,1-2H3,(H,33,37)(H,28,29,36). The van der Waals surface area contributed by atoms with Crippen molar-refractivity contribution in [3.05, 3.63) is 95.3 Å². The number of amides is 1. The minimum Gasteiger partial charge on any atom is -0.320 e. The van der Waals surface area contributed by atoms with Gasteiger partial charge >= 0.3 is 0 Å². The van der Waals surface area contributed by atoms with E-state index in [0.717, 1.165) is 5.56 Å². The third-order valence-corrected chi connectivity index (χ3v) is 6.12. The molecule has 0 aliphatic carbocycles. The molecule has 10 heteroatoms. The van der Waals surface area contributed by atoms with E-state index >= 15 is 0 Å². The number of rotatable bonds is 5. The van der Waals surface area contributed by atoms with Crippen LogP contribution in [-0.2, 0) is 0 Å². The third-order valence-electron chi connectivity index (χ3n) is 6.12. The Morgan fingerprint density at radius 3 is 2.51 bits per heavy atom. The minimum absolute atomic E-state index is 0.0661. The summed E-state index contributed by atoms with van der Waals surface area (Å²) in [6, 6.07) is 18.8. The Morgan fingerprint density at radius 2 is 1.70 bits per heavy atom. The summed E-state index contributed by atoms with van der Waals surface area (Å²) < 4.78 is 3.35. The number of aromatic amines is 1. The van der Waals surface area contributed by atoms with Crippen LogP contribution in [0.25, 0.3) is 39.0 Å². The van der Waals surface area contributed by atoms with E-state index in [1.54, 1.807) is 24.4 Å². The fourth-order valence-electron chi connectivity index (χ4n) is 4.33. The van der Waals surface area contributed by atoms with Gasteiger partial charge in [0, 0.05) is 11.6 Å². The minimum atomic E-state index is -0.317. The molecule has 0 bridgehead atoms. The van der Waals surface area contributed by atoms with Gasteiger partial charge in [-0.3, -0.25) is 9.59 Å². The molecule has 0 spiro atoms. The van der Waals surface area contributed by atoms with Crippen molar-refractivity contribution >= 4 is 33.7 Å². The molecule has 6 rings (SSSR count). The second-order valence-corrected chi connectivity index (χ2v) is 8.84. The van der Waals surface area contributed by atoms with E-state index in [9.17, 15) is 9.59 Å². The quantitative estimate of drug-likeness (QED) is 0.370. The average Bonchev–Trinajstić information content (AvgIpc) is 3.54. The lowest BCUT2D eigenvalue weighted by molar-refractivity contribution is 0.102. The van der Waals surface area contributed by atoms with Crippen LogP contribution in [0, 0.1) is 0 Å². The van der Waals surface area contributed by atoms with E-state index < -0.39 is 0 Å². The van der Waals surface area contributed by atoms with Gasteiger partial charge < -0.3 is 10.3 Å². The highest BCUT2D eigenvalue weighted by molar-refractivity contribution is 6.13. The van der Waals surface area contributed by atoms with Gasteiger partial charge in [0.05, 0.1) is 46.7 Å². The normalized spacial score (nSPS) is 11.4. The highest BCUT2D eigenvalue weighted by Gasteiger charge is 2.20. The molecule has 0 unspecified atom stereocenters. The van der Waals surface area contributed by atoms with Gasteiger partial charge in [0.2, 0.25) is 0 Å². The molecule has 37 heavy (non-hydrogen) atoms. The number of carbonyl (C=O) groups is 1. The van der Waals surface area contributed by atoms with E-state index in [2.05, 4.69) is 25.5 Å². The van der Waals surface area contributed by atoms with Crippen LogP contribution in [0.2, 0.25) is 0 Å². The summed E-state index contributed by atoms with van der Waals surface area (Å²) in [5, 5.41) is 12.9. The van der Waals surface area contributed by atoms with E-state index in [1.165, 1.54) is 17.2 Å². The predicted octanol–water partition coefficient (Wildman–Crippen LogP) is 4.35. The summed E-state index contributed by atoms with van der Waals surface area (Å²) in [6.45, 7) is 4.04. The lowest BCUT2D eigenvalue weighted by Gasteiger charge is -2.13. The lowest BCUT2D eigenvalue weighted by atomic mass is 10.1. The summed E-state index contributed by atoms with van der Waals surface area (Å²) in [5.41, 5.74) is 3.86. The number of carbonyl (C=O) groups excluding carboxylic acids is 1. The largest absolute Gasteiger partial charge is 0.320 e. The highest BCUT2D eigenvalue weighted by Crippen LogP contribution is 2.28. The fraction of sp³-hybridized carbons (Fsp3) is 0.111. The molecule has 0 radical (unpaired) electrons. The first kappa shape index (κ1) is 22.4. The first-order valence-corrected chi connectivity index (χ1v) is 11.8. The number of hydrogen-bond acceptors (Lipinski definition) is 6. The Bertz CT molecular complexity index is 1830. The van der Waals surface area contributed by atoms with Crippen molar-refractivity contribution in [1.82, 2.24) is 34.5 Å². The van der Waals surface area contributed by atoms with Crippen molar-refractivity contribution in [3.63, 3.8) is 0 Å². The maximum atomic E-state index is 13.8. The van der Waals surface area contributed by atoms with E-state index in [1.807, 2.05) is 61.0 Å². The number of aromatic nitrogens is 7. The fourth-order valence-corrected chi connectivity index (χ4v) is 4.33. The summed E-state index contributed by atoms with van der Waals surface area (Å²) in [4.78, 5) is 37.6. The maximum absolute atomic E-state index is 13.8. The molecule has 4 heterocycles. The average molecular weight is 491 g/mol. The van der Waals surface area contributed by atoms with Crippen LogP contribution in [0.4, 0.5) is 5.69 Å². The van der Waals surface area contributed by atoms with Crippen LogP contribution >= 0.6 is 0 Å². The molecule has 4 aromatic heterocycles. The highest BCUT2D eigenvalue weighted by atomic mass is 16.1. The van der Waals surface area contributed by atoms with Crippen molar-refractivity contribution in [2.45, 2.75) is 19.9 Å². The zero-order valence-corrected chi connectivity index (χ0v) is 20.1. The van der Waals surface area contributed by atoms with Gasteiger partial charge in [-0.15, -0.1) is 0 Å². The molecule has 6 aromatic rings. The molecule has 2 N–H and O–H groups in total. The number of benzene rings is 2. The van der Waals surface area contributed by atoms with Crippen LogP contribution < -0.4 is 10.9 Å². The van der Waals surface area contributed by atoms with Crippen LogP contribution in [0.3, 0.4) is 0 Å². The molecule has 0 atom stereocenters. The second kappa shape index (κ2) is 8.83. The Balaban J connectivity index is 1.46. The molecule has 0 aliphatic rings. The molecule has 182 valence electrons. The van der Waals surface area contributed by atoms with Crippen molar-refractivity contribution in [2.24, 2.45) is 0 Å². The number of hydrogen-bond donors (Lipinski definition) is 2. The Morgan fingerprint density at radius 1 is 0.946 bits per heavy atom. The number of nitrogens with zero attached hydrogens (tertiary/aromatic N) is 6. The number of anilines is 1. The summed E-state index contributed by atoms with van der Waals surface area (Å²) in [6.07, 6.45) is 4.46. The third kappa shape index (κ3) is 3.84. The number of nitrogens with one attached hydrogen (secondary N) is 2. The SMILES string of the molecule is CC(C)n1ncc2c(C(=O)Nc3ccccc3-n3ncc4c(=O)[nH]cnc43)cc(-c3ccccc3)nc21. The van der Waals surface area contributed by atoms with E-state index in [-0.39, 0.29) is 17.5 Å². The predicted molar refractivity (Wildman–Crippen MR) is 141 cm³/mol. The molecule has 0 saturated heterocycles. The first-order chi connectivity index (χ1) is 18.0. The number of para-hydroxylation sites is 2. The van der Waals surface area contributed by atoms with Gasteiger partial charge in [-0.2, -0.15) is 10.2 Å². The second-order valence-electron chi connectivity index (χ2n) is 8.84. The smallest absolute Gasteiger partial charge is 0.261 e. The van der Waals surface area contributed by atoms with Gasteiger partial charge in [-0.05, 0) is 32.0 Å². The Hall–Kier alpha value is -5.12. The van der Waals surface area contributed by atoms with Gasteiger partial charge in [-0.25, -0.2) is 19.3 Å². The maximum Gasteiger partial charge on any atom is 0.261 e. The van der Waals surface area contributed by atoms with Gasteiger partial charge in [0.15, 0.2) is 11.3 Å². The first-order valence-electron chi connectivity index (χ1n) is 11.8. The molecule has 0 saturated carbocycles. The van der Waals surface area contributed by atoms with Crippen LogP contribution in [0.15, 0.2) is 84.2 Å². The van der Waals surface area contributed by atoms with Crippen LogP contribution in [0.5, 0.6) is 0 Å². The molecule has 10 nitrogen and oxygen atoms in total. The number of H-pyrrole nitrogens is 1. The van der Waals surface area contributed by atoms with Crippen LogP contribution in [0.1, 0.15) is 30.2 Å². The van der Waals surface area contributed by atoms with Gasteiger partial charge in [0.25, 0.3) is 11.5 Å². The molecular formula is C27H22N8O2. The monoisotopic (exact) mass is 490 g/mol. The molecule has 0 fully saturated rings. The lowest BCUT2D eigenvalue weighted by Crippen LogP contribution is -2.15. The Labute approximate surface area is 210 Å². The van der Waals surface area contributed by atoms with Gasteiger partial charge in [-0.1, -0.05) is 42.5 Å². The molecule has 0 aliphatic heterocycles. The van der Waals surface area contributed by atoms with E-state index in [0.29, 0.717) is 44.7 Å². The number of fused-ring (bicyclic) bond motifs is 2. The zero-order valence-electron chi connectivity index (χ0n) is 20.1. The van der Waals surface area contributed by atoms with Crippen molar-refractivity contribution in [3.8, 4) is 16.9 Å². The topological polar surface area (TPSA) is 123 Å². The molecule has 1 amide bonds. The summed E-state index contributed by atoms with van der Waals surface area (Å²) >= 11 is 0. The van der Waals surface area contributed by atoms with Crippen molar-refractivity contribution in [2.75, 3.05) is 5.32 Å². The summed E-state index contributed by atoms with van der Waals surface area (Å²) in [7, 11) is 0. The molecular weight excluding hydrogens is 468 g/mol. The number of pyridine rings is 1. The zero-order chi connectivity index (χ0) is 25.5. The Kier molecular flexibility index (Phi) is 5.33. The van der Waals surface area contributed by atoms with Crippen molar-refractivity contribution in [1.29, 1.82) is 0 Å². The van der Waals surface area contributed by atoms with E-state index in [4.69, 9.17) is 4.98 Å². The van der Waals surface area contributed by atoms with Crippen molar-refractivity contribution < 1.29 is 4.79 Å². The van der Waals surface area contributed by atoms with Gasteiger partial charge in [0.1, 0.15) is 5.39 Å². The molecule has 2 aromatic carbocycles.